The lowest BCUT2D eigenvalue weighted by Gasteiger charge is -2.14. The molecular weight excluding hydrogens is 398 g/mol. The van der Waals surface area contributed by atoms with E-state index in [0.29, 0.717) is 38.4 Å². The van der Waals surface area contributed by atoms with Crippen molar-refractivity contribution in [3.05, 3.63) is 58.5 Å². The van der Waals surface area contributed by atoms with Crippen LogP contribution in [-0.2, 0) is 16.0 Å². The van der Waals surface area contributed by atoms with Crippen molar-refractivity contribution in [2.75, 3.05) is 11.5 Å². The van der Waals surface area contributed by atoms with Gasteiger partial charge in [-0.2, -0.15) is 0 Å². The molecule has 1 saturated heterocycles. The molecule has 0 unspecified atom stereocenters. The third-order valence-corrected chi connectivity index (χ3v) is 5.23. The zero-order valence-electron chi connectivity index (χ0n) is 14.9. The molecule has 0 aliphatic carbocycles. The van der Waals surface area contributed by atoms with E-state index >= 15 is 0 Å². The first-order valence-corrected chi connectivity index (χ1v) is 9.66. The van der Waals surface area contributed by atoms with E-state index in [9.17, 15) is 14.7 Å². The standard InChI is InChI=1S/C20H17NO5S2/c1-2-26-16-9-13(5-8-15(16)22)10-17-19(25)21(20(27)28-17)14-6-3-12(4-7-14)11-18(23)24/h3-10,22H,2,11H2,1H3,(H,23,24)/b17-10-. The number of aliphatic carboxylic acids is 1. The molecule has 2 aromatic carbocycles. The van der Waals surface area contributed by atoms with E-state index in [-0.39, 0.29) is 18.1 Å². The van der Waals surface area contributed by atoms with E-state index in [1.807, 2.05) is 6.92 Å². The van der Waals surface area contributed by atoms with E-state index in [1.165, 1.54) is 22.7 Å². The maximum atomic E-state index is 12.8. The van der Waals surface area contributed by atoms with Gasteiger partial charge in [0, 0.05) is 0 Å². The summed E-state index contributed by atoms with van der Waals surface area (Å²) in [5.41, 5.74) is 1.93. The van der Waals surface area contributed by atoms with Gasteiger partial charge in [-0.05, 0) is 48.4 Å². The Hall–Kier alpha value is -2.84. The zero-order valence-corrected chi connectivity index (χ0v) is 16.5. The summed E-state index contributed by atoms with van der Waals surface area (Å²) in [6.07, 6.45) is 1.61. The SMILES string of the molecule is CCOc1cc(/C=C2\SC(=S)N(c3ccc(CC(=O)O)cc3)C2=O)ccc1O. The lowest BCUT2D eigenvalue weighted by molar-refractivity contribution is -0.136. The van der Waals surface area contributed by atoms with E-state index in [0.717, 1.165) is 0 Å². The van der Waals surface area contributed by atoms with Crippen LogP contribution < -0.4 is 9.64 Å². The van der Waals surface area contributed by atoms with Crippen molar-refractivity contribution in [1.82, 2.24) is 0 Å². The van der Waals surface area contributed by atoms with Gasteiger partial charge >= 0.3 is 5.97 Å². The number of benzene rings is 2. The maximum absolute atomic E-state index is 12.8. The Labute approximate surface area is 171 Å². The molecule has 0 spiro atoms. The summed E-state index contributed by atoms with van der Waals surface area (Å²) >= 11 is 6.53. The summed E-state index contributed by atoms with van der Waals surface area (Å²) in [4.78, 5) is 25.5. The normalized spacial score (nSPS) is 15.3. The van der Waals surface area contributed by atoms with E-state index < -0.39 is 5.97 Å². The topological polar surface area (TPSA) is 87.1 Å². The number of phenolic OH excluding ortho intramolecular Hbond substituents is 1. The Kier molecular flexibility index (Phi) is 6.01. The monoisotopic (exact) mass is 415 g/mol. The average molecular weight is 415 g/mol. The average Bonchev–Trinajstić information content (AvgIpc) is 2.92. The maximum Gasteiger partial charge on any atom is 0.307 e. The van der Waals surface area contributed by atoms with Crippen molar-refractivity contribution in [1.29, 1.82) is 0 Å². The van der Waals surface area contributed by atoms with Crippen molar-refractivity contribution in [2.45, 2.75) is 13.3 Å². The molecule has 1 amide bonds. The molecule has 2 N–H and O–H groups in total. The molecule has 1 aliphatic heterocycles. The second-order valence-corrected chi connectivity index (χ2v) is 7.59. The molecule has 0 aromatic heterocycles. The van der Waals surface area contributed by atoms with Crippen LogP contribution in [0.2, 0.25) is 0 Å². The van der Waals surface area contributed by atoms with E-state index in [2.05, 4.69) is 0 Å². The molecule has 144 valence electrons. The number of thiocarbonyl (C=S) groups is 1. The van der Waals surface area contributed by atoms with Crippen molar-refractivity contribution in [3.63, 3.8) is 0 Å². The fourth-order valence-electron chi connectivity index (χ4n) is 2.67. The van der Waals surface area contributed by atoms with Crippen LogP contribution in [0.3, 0.4) is 0 Å². The molecule has 1 aliphatic rings. The summed E-state index contributed by atoms with van der Waals surface area (Å²) in [5, 5.41) is 18.7. The number of anilines is 1. The van der Waals surface area contributed by atoms with Gasteiger partial charge in [-0.3, -0.25) is 14.5 Å². The van der Waals surface area contributed by atoms with Crippen molar-refractivity contribution in [3.8, 4) is 11.5 Å². The Bertz CT molecular complexity index is 969. The van der Waals surface area contributed by atoms with Crippen LogP contribution in [0.4, 0.5) is 5.69 Å². The predicted octanol–water partition coefficient (Wildman–Crippen LogP) is 3.82. The molecule has 0 atom stereocenters. The molecular formula is C20H17NO5S2. The molecule has 2 aromatic rings. The van der Waals surface area contributed by atoms with Crippen LogP contribution in [0.5, 0.6) is 11.5 Å². The van der Waals surface area contributed by atoms with Crippen LogP contribution in [0.25, 0.3) is 6.08 Å². The van der Waals surface area contributed by atoms with Gasteiger partial charge in [-0.25, -0.2) is 0 Å². The van der Waals surface area contributed by atoms with Crippen LogP contribution in [-0.4, -0.2) is 33.0 Å². The lowest BCUT2D eigenvalue weighted by atomic mass is 10.1. The lowest BCUT2D eigenvalue weighted by Crippen LogP contribution is -2.27. The fraction of sp³-hybridized carbons (Fsp3) is 0.150. The first-order chi connectivity index (χ1) is 13.4. The minimum atomic E-state index is -0.915. The minimum Gasteiger partial charge on any atom is -0.504 e. The summed E-state index contributed by atoms with van der Waals surface area (Å²) < 4.78 is 5.76. The van der Waals surface area contributed by atoms with Gasteiger partial charge in [-0.15, -0.1) is 0 Å². The summed E-state index contributed by atoms with van der Waals surface area (Å²) in [7, 11) is 0. The van der Waals surface area contributed by atoms with Gasteiger partial charge in [0.2, 0.25) is 0 Å². The number of thioether (sulfide) groups is 1. The number of amides is 1. The number of nitrogens with zero attached hydrogens (tertiary/aromatic N) is 1. The number of carboxylic acids is 1. The first-order valence-electron chi connectivity index (χ1n) is 8.43. The number of carbonyl (C=O) groups is 2. The number of phenols is 1. The number of carboxylic acid groups (broad SMARTS) is 1. The van der Waals surface area contributed by atoms with Crippen LogP contribution in [0.1, 0.15) is 18.1 Å². The van der Waals surface area contributed by atoms with E-state index in [4.69, 9.17) is 22.1 Å². The molecule has 6 nitrogen and oxygen atoms in total. The smallest absolute Gasteiger partial charge is 0.307 e. The zero-order chi connectivity index (χ0) is 20.3. The van der Waals surface area contributed by atoms with Gasteiger partial charge in [0.15, 0.2) is 15.8 Å². The molecule has 0 saturated carbocycles. The molecule has 1 heterocycles. The Morgan fingerprint density at radius 3 is 2.61 bits per heavy atom. The minimum absolute atomic E-state index is 0.0352. The highest BCUT2D eigenvalue weighted by Gasteiger charge is 2.33. The predicted molar refractivity (Wildman–Crippen MR) is 113 cm³/mol. The quantitative estimate of drug-likeness (QED) is 0.548. The number of hydrogen-bond acceptors (Lipinski definition) is 6. The van der Waals surface area contributed by atoms with Crippen LogP contribution in [0, 0.1) is 0 Å². The van der Waals surface area contributed by atoms with Gasteiger partial charge in [0.1, 0.15) is 0 Å². The van der Waals surface area contributed by atoms with Crippen molar-refractivity contribution < 1.29 is 24.5 Å². The molecule has 3 rings (SSSR count). The van der Waals surface area contributed by atoms with Crippen LogP contribution in [0.15, 0.2) is 47.4 Å². The third kappa shape index (κ3) is 4.35. The number of carbonyl (C=O) groups excluding carboxylic acids is 1. The largest absolute Gasteiger partial charge is 0.504 e. The number of aromatic hydroxyl groups is 1. The van der Waals surface area contributed by atoms with Gasteiger partial charge < -0.3 is 14.9 Å². The Morgan fingerprint density at radius 2 is 1.96 bits per heavy atom. The third-order valence-electron chi connectivity index (χ3n) is 3.93. The van der Waals surface area contributed by atoms with Crippen LogP contribution >= 0.6 is 24.0 Å². The van der Waals surface area contributed by atoms with Gasteiger partial charge in [-0.1, -0.05) is 42.2 Å². The second-order valence-electron chi connectivity index (χ2n) is 5.91. The number of ether oxygens (including phenoxy) is 1. The Balaban J connectivity index is 1.84. The highest BCUT2D eigenvalue weighted by Crippen LogP contribution is 2.37. The van der Waals surface area contributed by atoms with Gasteiger partial charge in [0.25, 0.3) is 5.91 Å². The molecule has 8 heteroatoms. The molecule has 0 radical (unpaired) electrons. The van der Waals surface area contributed by atoms with Crippen molar-refractivity contribution in [2.24, 2.45) is 0 Å². The summed E-state index contributed by atoms with van der Waals surface area (Å²) in [6.45, 7) is 2.23. The molecule has 1 fully saturated rings. The molecule has 28 heavy (non-hydrogen) atoms. The highest BCUT2D eigenvalue weighted by molar-refractivity contribution is 8.27. The van der Waals surface area contributed by atoms with Crippen molar-refractivity contribution >= 4 is 51.9 Å². The highest BCUT2D eigenvalue weighted by atomic mass is 32.2. The summed E-state index contributed by atoms with van der Waals surface area (Å²) in [5.74, 6) is -0.789. The van der Waals surface area contributed by atoms with Gasteiger partial charge in [0.05, 0.1) is 23.6 Å². The fourth-order valence-corrected chi connectivity index (χ4v) is 3.97. The molecule has 0 bridgehead atoms. The number of hydrogen-bond donors (Lipinski definition) is 2. The second kappa shape index (κ2) is 8.45. The van der Waals surface area contributed by atoms with E-state index in [1.54, 1.807) is 42.5 Å². The summed E-state index contributed by atoms with van der Waals surface area (Å²) in [6, 6.07) is 11.6. The number of rotatable bonds is 6. The Morgan fingerprint density at radius 1 is 1.25 bits per heavy atom. The first kappa shape index (κ1) is 19.9.